The largest absolute Gasteiger partial charge is 0.271 e. The standard InChI is InChI=1S/C14H13N5/c15-19-14(11-7-16-9-17-8-11)13-6-5-10-3-1-2-4-12(10)18-13/h1-9,14,19H,15H2. The van der Waals surface area contributed by atoms with E-state index in [4.69, 9.17) is 5.84 Å². The van der Waals surface area contributed by atoms with Crippen LogP contribution >= 0.6 is 0 Å². The molecule has 0 fully saturated rings. The summed E-state index contributed by atoms with van der Waals surface area (Å²) in [5, 5.41) is 1.10. The number of para-hydroxylation sites is 1. The Bertz CT molecular complexity index is 683. The minimum atomic E-state index is -0.217. The summed E-state index contributed by atoms with van der Waals surface area (Å²) >= 11 is 0. The van der Waals surface area contributed by atoms with Crippen LogP contribution in [0.2, 0.25) is 0 Å². The summed E-state index contributed by atoms with van der Waals surface area (Å²) in [7, 11) is 0. The van der Waals surface area contributed by atoms with Crippen molar-refractivity contribution < 1.29 is 0 Å². The first-order chi connectivity index (χ1) is 9.38. The Hall–Kier alpha value is -2.37. The van der Waals surface area contributed by atoms with Gasteiger partial charge in [-0.25, -0.2) is 15.4 Å². The predicted octanol–water partition coefficient (Wildman–Crippen LogP) is 1.58. The van der Waals surface area contributed by atoms with Crippen molar-refractivity contribution in [1.82, 2.24) is 20.4 Å². The van der Waals surface area contributed by atoms with Crippen LogP contribution in [0.5, 0.6) is 0 Å². The van der Waals surface area contributed by atoms with Gasteiger partial charge in [-0.15, -0.1) is 0 Å². The zero-order valence-electron chi connectivity index (χ0n) is 10.2. The number of aromatic nitrogens is 3. The molecule has 0 amide bonds. The number of fused-ring (bicyclic) bond motifs is 1. The SMILES string of the molecule is NNC(c1cncnc1)c1ccc2ccccc2n1. The number of nitrogens with two attached hydrogens (primary N) is 1. The lowest BCUT2D eigenvalue weighted by Crippen LogP contribution is -2.29. The van der Waals surface area contributed by atoms with E-state index >= 15 is 0 Å². The first-order valence-electron chi connectivity index (χ1n) is 5.95. The van der Waals surface area contributed by atoms with Crippen LogP contribution in [0.1, 0.15) is 17.3 Å². The number of hydrazine groups is 1. The molecule has 2 heterocycles. The molecule has 1 unspecified atom stereocenters. The lowest BCUT2D eigenvalue weighted by Gasteiger charge is -2.15. The number of rotatable bonds is 3. The topological polar surface area (TPSA) is 76.7 Å². The van der Waals surface area contributed by atoms with Crippen molar-refractivity contribution in [3.8, 4) is 0 Å². The Morgan fingerprint density at radius 3 is 2.58 bits per heavy atom. The van der Waals surface area contributed by atoms with Crippen molar-refractivity contribution in [3.63, 3.8) is 0 Å². The van der Waals surface area contributed by atoms with Gasteiger partial charge in [0.1, 0.15) is 6.33 Å². The van der Waals surface area contributed by atoms with Crippen LogP contribution in [0.4, 0.5) is 0 Å². The molecule has 0 bridgehead atoms. The van der Waals surface area contributed by atoms with Gasteiger partial charge >= 0.3 is 0 Å². The average molecular weight is 251 g/mol. The Labute approximate surface area is 110 Å². The summed E-state index contributed by atoms with van der Waals surface area (Å²) in [6.45, 7) is 0. The normalized spacial score (nSPS) is 12.5. The second-order valence-electron chi connectivity index (χ2n) is 4.20. The zero-order chi connectivity index (χ0) is 13.1. The third kappa shape index (κ3) is 2.29. The molecule has 5 heteroatoms. The minimum absolute atomic E-state index is 0.217. The third-order valence-electron chi connectivity index (χ3n) is 3.00. The van der Waals surface area contributed by atoms with Crippen molar-refractivity contribution >= 4 is 10.9 Å². The molecule has 0 radical (unpaired) electrons. The van der Waals surface area contributed by atoms with Crippen LogP contribution in [0.15, 0.2) is 55.1 Å². The second kappa shape index (κ2) is 5.09. The highest BCUT2D eigenvalue weighted by atomic mass is 15.2. The number of pyridine rings is 1. The maximum atomic E-state index is 5.64. The van der Waals surface area contributed by atoms with Gasteiger partial charge in [0.2, 0.25) is 0 Å². The Kier molecular flexibility index (Phi) is 3.14. The number of nitrogens with one attached hydrogen (secondary N) is 1. The van der Waals surface area contributed by atoms with Crippen molar-refractivity contribution in [2.24, 2.45) is 5.84 Å². The van der Waals surface area contributed by atoms with Crippen LogP contribution in [-0.2, 0) is 0 Å². The molecule has 3 aromatic rings. The highest BCUT2D eigenvalue weighted by Gasteiger charge is 2.14. The third-order valence-corrected chi connectivity index (χ3v) is 3.00. The van der Waals surface area contributed by atoms with Crippen molar-refractivity contribution in [2.45, 2.75) is 6.04 Å². The van der Waals surface area contributed by atoms with Crippen LogP contribution in [0.3, 0.4) is 0 Å². The second-order valence-corrected chi connectivity index (χ2v) is 4.20. The smallest absolute Gasteiger partial charge is 0.115 e. The molecule has 5 nitrogen and oxygen atoms in total. The summed E-state index contributed by atoms with van der Waals surface area (Å²) in [6.07, 6.45) is 4.95. The van der Waals surface area contributed by atoms with Crippen LogP contribution in [0.25, 0.3) is 10.9 Å². The maximum Gasteiger partial charge on any atom is 0.115 e. The number of hydrogen-bond donors (Lipinski definition) is 2. The Morgan fingerprint density at radius 1 is 1.00 bits per heavy atom. The van der Waals surface area contributed by atoms with E-state index in [1.54, 1.807) is 12.4 Å². The molecule has 0 saturated carbocycles. The Morgan fingerprint density at radius 2 is 1.79 bits per heavy atom. The quantitative estimate of drug-likeness (QED) is 0.546. The molecule has 1 atom stereocenters. The average Bonchev–Trinajstić information content (AvgIpc) is 2.49. The number of benzene rings is 1. The molecule has 0 saturated heterocycles. The highest BCUT2D eigenvalue weighted by Crippen LogP contribution is 2.21. The molecular weight excluding hydrogens is 238 g/mol. The van der Waals surface area contributed by atoms with Gasteiger partial charge in [0.05, 0.1) is 17.3 Å². The Balaban J connectivity index is 2.06. The van der Waals surface area contributed by atoms with E-state index < -0.39 is 0 Å². The molecular formula is C14H13N5. The molecule has 1 aromatic carbocycles. The minimum Gasteiger partial charge on any atom is -0.271 e. The summed E-state index contributed by atoms with van der Waals surface area (Å²) in [5.74, 6) is 5.64. The zero-order valence-corrected chi connectivity index (χ0v) is 10.2. The molecule has 19 heavy (non-hydrogen) atoms. The van der Waals surface area contributed by atoms with Crippen molar-refractivity contribution in [3.05, 3.63) is 66.4 Å². The lowest BCUT2D eigenvalue weighted by molar-refractivity contribution is 0.618. The molecule has 94 valence electrons. The van der Waals surface area contributed by atoms with Gasteiger partial charge in [-0.2, -0.15) is 0 Å². The summed E-state index contributed by atoms with van der Waals surface area (Å²) in [4.78, 5) is 12.6. The van der Waals surface area contributed by atoms with Gasteiger partial charge in [0.15, 0.2) is 0 Å². The van der Waals surface area contributed by atoms with E-state index in [0.29, 0.717) is 0 Å². The van der Waals surface area contributed by atoms with E-state index in [9.17, 15) is 0 Å². The van der Waals surface area contributed by atoms with Gasteiger partial charge < -0.3 is 0 Å². The van der Waals surface area contributed by atoms with Gasteiger partial charge in [-0.1, -0.05) is 24.3 Å². The monoisotopic (exact) mass is 251 g/mol. The first-order valence-corrected chi connectivity index (χ1v) is 5.95. The van der Waals surface area contributed by atoms with Gasteiger partial charge in [-0.3, -0.25) is 10.8 Å². The molecule has 0 aliphatic heterocycles. The van der Waals surface area contributed by atoms with Crippen LogP contribution < -0.4 is 11.3 Å². The number of nitrogens with zero attached hydrogens (tertiary/aromatic N) is 3. The van der Waals surface area contributed by atoms with E-state index in [1.807, 2.05) is 36.4 Å². The molecule has 0 aliphatic carbocycles. The molecule has 3 rings (SSSR count). The summed E-state index contributed by atoms with van der Waals surface area (Å²) in [5.41, 5.74) is 5.42. The fourth-order valence-corrected chi connectivity index (χ4v) is 2.05. The maximum absolute atomic E-state index is 5.64. The van der Waals surface area contributed by atoms with Crippen LogP contribution in [0, 0.1) is 0 Å². The molecule has 0 spiro atoms. The molecule has 2 aromatic heterocycles. The van der Waals surface area contributed by atoms with E-state index in [0.717, 1.165) is 22.2 Å². The first kappa shape index (κ1) is 11.7. The van der Waals surface area contributed by atoms with Gasteiger partial charge in [0, 0.05) is 23.3 Å². The highest BCUT2D eigenvalue weighted by molar-refractivity contribution is 5.78. The van der Waals surface area contributed by atoms with E-state index in [2.05, 4.69) is 20.4 Å². The van der Waals surface area contributed by atoms with Gasteiger partial charge in [-0.05, 0) is 12.1 Å². The van der Waals surface area contributed by atoms with Crippen molar-refractivity contribution in [2.75, 3.05) is 0 Å². The van der Waals surface area contributed by atoms with Gasteiger partial charge in [0.25, 0.3) is 0 Å². The molecule has 3 N–H and O–H groups in total. The van der Waals surface area contributed by atoms with Crippen molar-refractivity contribution in [1.29, 1.82) is 0 Å². The molecule has 0 aliphatic rings. The fraction of sp³-hybridized carbons (Fsp3) is 0.0714. The fourth-order valence-electron chi connectivity index (χ4n) is 2.05. The predicted molar refractivity (Wildman–Crippen MR) is 72.9 cm³/mol. The van der Waals surface area contributed by atoms with E-state index in [-0.39, 0.29) is 6.04 Å². The van der Waals surface area contributed by atoms with Crippen LogP contribution in [-0.4, -0.2) is 15.0 Å². The summed E-state index contributed by atoms with van der Waals surface area (Å²) < 4.78 is 0. The lowest BCUT2D eigenvalue weighted by atomic mass is 10.1. The van der Waals surface area contributed by atoms with E-state index in [1.165, 1.54) is 6.33 Å². The summed E-state index contributed by atoms with van der Waals surface area (Å²) in [6, 6.07) is 11.7. The number of hydrogen-bond acceptors (Lipinski definition) is 5.